The fraction of sp³-hybridized carbons (Fsp3) is 0.0769. The van der Waals surface area contributed by atoms with E-state index in [9.17, 15) is 0 Å². The maximum atomic E-state index is 2.44. The molecule has 0 heteroatoms. The van der Waals surface area contributed by atoms with E-state index in [2.05, 4.69) is 147 Å². The topological polar surface area (TPSA) is 0 Å². The van der Waals surface area contributed by atoms with Gasteiger partial charge in [-0.1, -0.05) is 135 Å². The molecule has 0 bridgehead atoms. The largest absolute Gasteiger partial charge is 0.0619 e. The molecule has 39 heavy (non-hydrogen) atoms. The van der Waals surface area contributed by atoms with E-state index < -0.39 is 0 Å². The van der Waals surface area contributed by atoms with Gasteiger partial charge in [0.15, 0.2) is 0 Å². The Morgan fingerprint density at radius 1 is 0.385 bits per heavy atom. The van der Waals surface area contributed by atoms with Gasteiger partial charge >= 0.3 is 0 Å². The number of fused-ring (bicyclic) bond motifs is 6. The van der Waals surface area contributed by atoms with E-state index in [4.69, 9.17) is 0 Å². The van der Waals surface area contributed by atoms with Gasteiger partial charge < -0.3 is 0 Å². The highest BCUT2D eigenvalue weighted by molar-refractivity contribution is 6.21. The predicted octanol–water partition coefficient (Wildman–Crippen LogP) is 10.8. The van der Waals surface area contributed by atoms with Gasteiger partial charge in [0.2, 0.25) is 0 Å². The van der Waals surface area contributed by atoms with Crippen LogP contribution in [-0.2, 0) is 5.41 Å². The van der Waals surface area contributed by atoms with Gasteiger partial charge in [-0.25, -0.2) is 0 Å². The quantitative estimate of drug-likeness (QED) is 0.209. The first-order chi connectivity index (χ1) is 19.1. The van der Waals surface area contributed by atoms with Crippen molar-refractivity contribution in [3.63, 3.8) is 0 Å². The highest BCUT2D eigenvalue weighted by Crippen LogP contribution is 2.51. The standard InChI is InChI=1S/C39H28/c1-39(2)35-18-10-9-13-29(35)34-24-28(21-22-36(34)39)38-32-16-7-5-14-30(32)37(31-15-6-8-17-33(31)38)27-20-19-25-11-3-4-12-26(25)23-27/h3-24H,1-2H3. The maximum absolute atomic E-state index is 2.44. The summed E-state index contributed by atoms with van der Waals surface area (Å²) in [7, 11) is 0. The van der Waals surface area contributed by atoms with Gasteiger partial charge in [-0.15, -0.1) is 0 Å². The molecule has 0 saturated carbocycles. The van der Waals surface area contributed by atoms with Gasteiger partial charge in [0.1, 0.15) is 0 Å². The van der Waals surface area contributed by atoms with E-state index in [1.807, 2.05) is 0 Å². The van der Waals surface area contributed by atoms with Gasteiger partial charge in [0.25, 0.3) is 0 Å². The summed E-state index contributed by atoms with van der Waals surface area (Å²) >= 11 is 0. The fourth-order valence-electron chi connectivity index (χ4n) is 6.97. The molecule has 0 radical (unpaired) electrons. The first-order valence-corrected chi connectivity index (χ1v) is 13.8. The molecule has 0 fully saturated rings. The van der Waals surface area contributed by atoms with E-state index in [0.29, 0.717) is 0 Å². The van der Waals surface area contributed by atoms with Crippen LogP contribution in [0.25, 0.3) is 65.7 Å². The zero-order valence-electron chi connectivity index (χ0n) is 22.2. The highest BCUT2D eigenvalue weighted by Gasteiger charge is 2.35. The molecule has 0 spiro atoms. The average Bonchev–Trinajstić information content (AvgIpc) is 3.21. The first-order valence-electron chi connectivity index (χ1n) is 13.8. The lowest BCUT2D eigenvalue weighted by atomic mass is 9.81. The molecule has 0 aliphatic heterocycles. The first kappa shape index (κ1) is 22.3. The summed E-state index contributed by atoms with van der Waals surface area (Å²) in [6.45, 7) is 4.70. The minimum atomic E-state index is 0.00847. The average molecular weight is 497 g/mol. The Morgan fingerprint density at radius 2 is 0.872 bits per heavy atom. The molecule has 0 saturated heterocycles. The van der Waals surface area contributed by atoms with Gasteiger partial charge in [0, 0.05) is 5.41 Å². The number of benzene rings is 7. The Bertz CT molecular complexity index is 2030. The second-order valence-corrected chi connectivity index (χ2v) is 11.3. The third kappa shape index (κ3) is 3.18. The molecule has 0 N–H and O–H groups in total. The van der Waals surface area contributed by atoms with Crippen LogP contribution in [-0.4, -0.2) is 0 Å². The normalized spacial score (nSPS) is 13.6. The predicted molar refractivity (Wildman–Crippen MR) is 167 cm³/mol. The Balaban J connectivity index is 1.45. The van der Waals surface area contributed by atoms with Crippen LogP contribution in [0.2, 0.25) is 0 Å². The van der Waals surface area contributed by atoms with E-state index in [1.165, 1.54) is 76.8 Å². The third-order valence-corrected chi connectivity index (χ3v) is 8.84. The van der Waals surface area contributed by atoms with E-state index >= 15 is 0 Å². The molecule has 0 amide bonds. The van der Waals surface area contributed by atoms with Gasteiger partial charge in [-0.3, -0.25) is 0 Å². The smallest absolute Gasteiger partial charge is 0.0158 e. The molecule has 0 aromatic heterocycles. The Morgan fingerprint density at radius 3 is 1.54 bits per heavy atom. The SMILES string of the molecule is CC1(C)c2ccccc2-c2cc(-c3c4ccccc4c(-c4ccc5ccccc5c4)c4ccccc34)ccc21. The van der Waals surface area contributed by atoms with E-state index in [0.717, 1.165) is 0 Å². The Labute approximate surface area is 229 Å². The van der Waals surface area contributed by atoms with Crippen LogP contribution in [0.4, 0.5) is 0 Å². The summed E-state index contributed by atoms with van der Waals surface area (Å²) in [4.78, 5) is 0. The van der Waals surface area contributed by atoms with E-state index in [1.54, 1.807) is 0 Å². The number of hydrogen-bond donors (Lipinski definition) is 0. The van der Waals surface area contributed by atoms with Crippen LogP contribution < -0.4 is 0 Å². The third-order valence-electron chi connectivity index (χ3n) is 8.84. The minimum Gasteiger partial charge on any atom is -0.0619 e. The van der Waals surface area contributed by atoms with Crippen molar-refractivity contribution in [2.24, 2.45) is 0 Å². The zero-order valence-corrected chi connectivity index (χ0v) is 22.2. The molecule has 0 atom stereocenters. The summed E-state index contributed by atoms with van der Waals surface area (Å²) < 4.78 is 0. The van der Waals surface area contributed by atoms with Crippen molar-refractivity contribution in [1.82, 2.24) is 0 Å². The summed E-state index contributed by atoms with van der Waals surface area (Å²) in [5, 5.41) is 7.72. The second kappa shape index (κ2) is 8.16. The Hall–Kier alpha value is -4.68. The van der Waals surface area contributed by atoms with Crippen LogP contribution in [0, 0.1) is 0 Å². The summed E-state index contributed by atoms with van der Waals surface area (Å²) in [5.41, 5.74) is 10.7. The molecular weight excluding hydrogens is 468 g/mol. The van der Waals surface area contributed by atoms with Crippen LogP contribution in [0.15, 0.2) is 133 Å². The zero-order chi connectivity index (χ0) is 26.1. The second-order valence-electron chi connectivity index (χ2n) is 11.3. The molecule has 7 aromatic rings. The summed E-state index contributed by atoms with van der Waals surface area (Å²) in [6.07, 6.45) is 0. The van der Waals surface area contributed by atoms with Crippen LogP contribution in [0.3, 0.4) is 0 Å². The van der Waals surface area contributed by atoms with Crippen molar-refractivity contribution in [1.29, 1.82) is 0 Å². The molecule has 0 nitrogen and oxygen atoms in total. The van der Waals surface area contributed by atoms with Crippen molar-refractivity contribution >= 4 is 32.3 Å². The lowest BCUT2D eigenvalue weighted by molar-refractivity contribution is 0.660. The van der Waals surface area contributed by atoms with Crippen LogP contribution in [0.1, 0.15) is 25.0 Å². The van der Waals surface area contributed by atoms with Crippen LogP contribution >= 0.6 is 0 Å². The van der Waals surface area contributed by atoms with Crippen molar-refractivity contribution < 1.29 is 0 Å². The lowest BCUT2D eigenvalue weighted by Gasteiger charge is -2.22. The van der Waals surface area contributed by atoms with Gasteiger partial charge in [0.05, 0.1) is 0 Å². The molecule has 0 heterocycles. The maximum Gasteiger partial charge on any atom is 0.0158 e. The molecule has 8 rings (SSSR count). The molecule has 0 unspecified atom stereocenters. The van der Waals surface area contributed by atoms with Crippen molar-refractivity contribution in [2.45, 2.75) is 19.3 Å². The highest BCUT2D eigenvalue weighted by atomic mass is 14.4. The lowest BCUT2D eigenvalue weighted by Crippen LogP contribution is -2.14. The molecular formula is C39H28. The van der Waals surface area contributed by atoms with Gasteiger partial charge in [-0.05, 0) is 89.0 Å². The molecule has 1 aliphatic rings. The van der Waals surface area contributed by atoms with Crippen LogP contribution in [0.5, 0.6) is 0 Å². The molecule has 184 valence electrons. The summed E-state index contributed by atoms with van der Waals surface area (Å²) in [5.74, 6) is 0. The van der Waals surface area contributed by atoms with Crippen molar-refractivity contribution in [3.05, 3.63) is 145 Å². The van der Waals surface area contributed by atoms with Crippen molar-refractivity contribution in [3.8, 4) is 33.4 Å². The Kier molecular flexibility index (Phi) is 4.67. The minimum absolute atomic E-state index is 0.00847. The van der Waals surface area contributed by atoms with E-state index in [-0.39, 0.29) is 5.41 Å². The summed E-state index contributed by atoms with van der Waals surface area (Å²) in [6, 6.07) is 49.4. The van der Waals surface area contributed by atoms with Gasteiger partial charge in [-0.2, -0.15) is 0 Å². The number of hydrogen-bond acceptors (Lipinski definition) is 0. The molecule has 1 aliphatic carbocycles. The van der Waals surface area contributed by atoms with Crippen molar-refractivity contribution in [2.75, 3.05) is 0 Å². The monoisotopic (exact) mass is 496 g/mol. The molecule has 7 aromatic carbocycles. The fourth-order valence-corrected chi connectivity index (χ4v) is 6.97. The number of rotatable bonds is 2.